The Morgan fingerprint density at radius 3 is 2.50 bits per heavy atom. The van der Waals surface area contributed by atoms with Gasteiger partial charge in [0.25, 0.3) is 5.91 Å². The fraction of sp³-hybridized carbons (Fsp3) is 0.211. The standard InChI is InChI=1S/C19H19N5O4/c1-4-27-18(26)13-5-7-14(8-6-13)21-19-20-11(2)9-15(22-19)17(25)23-16-10-12(3)28-24-16/h5-10H,4H2,1-3H3,(H,20,21,22)(H,23,24,25). The van der Waals surface area contributed by atoms with E-state index in [1.165, 1.54) is 0 Å². The Balaban J connectivity index is 1.74. The van der Waals surface area contributed by atoms with Crippen LogP contribution >= 0.6 is 0 Å². The largest absolute Gasteiger partial charge is 0.462 e. The van der Waals surface area contributed by atoms with Crippen molar-refractivity contribution in [1.29, 1.82) is 0 Å². The van der Waals surface area contributed by atoms with Crippen LogP contribution in [0.15, 0.2) is 40.9 Å². The summed E-state index contributed by atoms with van der Waals surface area (Å²) >= 11 is 0. The molecule has 0 radical (unpaired) electrons. The number of anilines is 3. The predicted molar refractivity (Wildman–Crippen MR) is 102 cm³/mol. The first-order chi connectivity index (χ1) is 13.4. The molecule has 3 rings (SSSR count). The van der Waals surface area contributed by atoms with Crippen molar-refractivity contribution in [3.63, 3.8) is 0 Å². The number of aryl methyl sites for hydroxylation is 2. The average molecular weight is 381 g/mol. The molecule has 2 N–H and O–H groups in total. The predicted octanol–water partition coefficient (Wildman–Crippen LogP) is 3.25. The molecule has 0 atom stereocenters. The monoisotopic (exact) mass is 381 g/mol. The molecule has 0 saturated heterocycles. The minimum atomic E-state index is -0.431. The van der Waals surface area contributed by atoms with Gasteiger partial charge in [-0.1, -0.05) is 5.16 Å². The molecule has 144 valence electrons. The molecule has 2 aromatic heterocycles. The van der Waals surface area contributed by atoms with Gasteiger partial charge in [0.15, 0.2) is 5.82 Å². The molecule has 3 aromatic rings. The summed E-state index contributed by atoms with van der Waals surface area (Å²) in [5.41, 5.74) is 1.90. The van der Waals surface area contributed by atoms with E-state index in [9.17, 15) is 9.59 Å². The number of amides is 1. The van der Waals surface area contributed by atoms with Crippen LogP contribution in [0.5, 0.6) is 0 Å². The molecule has 0 bridgehead atoms. The van der Waals surface area contributed by atoms with Crippen molar-refractivity contribution in [2.24, 2.45) is 0 Å². The van der Waals surface area contributed by atoms with Crippen molar-refractivity contribution in [2.45, 2.75) is 20.8 Å². The van der Waals surface area contributed by atoms with Crippen LogP contribution in [0.1, 0.15) is 39.2 Å². The zero-order valence-corrected chi connectivity index (χ0v) is 15.6. The van der Waals surface area contributed by atoms with E-state index in [0.29, 0.717) is 35.1 Å². The summed E-state index contributed by atoms with van der Waals surface area (Å²) in [6, 6.07) is 9.85. The highest BCUT2D eigenvalue weighted by Crippen LogP contribution is 2.16. The molecule has 9 heteroatoms. The lowest BCUT2D eigenvalue weighted by molar-refractivity contribution is 0.0526. The van der Waals surface area contributed by atoms with Crippen LogP contribution in [0.2, 0.25) is 0 Å². The van der Waals surface area contributed by atoms with E-state index in [2.05, 4.69) is 25.8 Å². The summed E-state index contributed by atoms with van der Waals surface area (Å²) in [5, 5.41) is 9.36. The smallest absolute Gasteiger partial charge is 0.338 e. The number of hydrogen-bond donors (Lipinski definition) is 2. The van der Waals surface area contributed by atoms with Gasteiger partial charge in [-0.15, -0.1) is 0 Å². The number of nitrogens with zero attached hydrogens (tertiary/aromatic N) is 3. The topological polar surface area (TPSA) is 119 Å². The number of nitrogens with one attached hydrogen (secondary N) is 2. The Hall–Kier alpha value is -3.75. The van der Waals surface area contributed by atoms with E-state index in [4.69, 9.17) is 9.26 Å². The second-order valence-corrected chi connectivity index (χ2v) is 5.92. The summed E-state index contributed by atoms with van der Waals surface area (Å²) in [6.07, 6.45) is 0. The number of aromatic nitrogens is 3. The van der Waals surface area contributed by atoms with E-state index >= 15 is 0 Å². The third-order valence-corrected chi connectivity index (χ3v) is 3.61. The lowest BCUT2D eigenvalue weighted by atomic mass is 10.2. The molecular formula is C19H19N5O4. The van der Waals surface area contributed by atoms with Crippen LogP contribution in [0.3, 0.4) is 0 Å². The van der Waals surface area contributed by atoms with Gasteiger partial charge in [0.05, 0.1) is 12.2 Å². The van der Waals surface area contributed by atoms with Gasteiger partial charge in [-0.25, -0.2) is 14.8 Å². The Morgan fingerprint density at radius 1 is 1.11 bits per heavy atom. The van der Waals surface area contributed by atoms with Crippen LogP contribution in [-0.2, 0) is 4.74 Å². The Bertz CT molecular complexity index is 998. The van der Waals surface area contributed by atoms with Gasteiger partial charge in [0.2, 0.25) is 5.95 Å². The number of benzene rings is 1. The average Bonchev–Trinajstić information content (AvgIpc) is 3.06. The third kappa shape index (κ3) is 4.70. The molecule has 28 heavy (non-hydrogen) atoms. The normalized spacial score (nSPS) is 10.4. The van der Waals surface area contributed by atoms with Crippen LogP contribution in [0.4, 0.5) is 17.5 Å². The van der Waals surface area contributed by atoms with Gasteiger partial charge in [-0.05, 0) is 51.1 Å². The van der Waals surface area contributed by atoms with E-state index < -0.39 is 5.91 Å². The van der Waals surface area contributed by atoms with Crippen LogP contribution in [0, 0.1) is 13.8 Å². The lowest BCUT2D eigenvalue weighted by Crippen LogP contribution is -2.15. The molecule has 0 unspecified atom stereocenters. The highest BCUT2D eigenvalue weighted by Gasteiger charge is 2.13. The summed E-state index contributed by atoms with van der Waals surface area (Å²) in [4.78, 5) is 32.6. The third-order valence-electron chi connectivity index (χ3n) is 3.61. The zero-order chi connectivity index (χ0) is 20.1. The molecule has 0 aliphatic carbocycles. The van der Waals surface area contributed by atoms with Gasteiger partial charge in [0, 0.05) is 17.4 Å². The van der Waals surface area contributed by atoms with Crippen molar-refractivity contribution in [3.05, 3.63) is 59.1 Å². The molecule has 2 heterocycles. The quantitative estimate of drug-likeness (QED) is 0.625. The highest BCUT2D eigenvalue weighted by atomic mass is 16.5. The van der Waals surface area contributed by atoms with Gasteiger partial charge >= 0.3 is 5.97 Å². The molecule has 9 nitrogen and oxygen atoms in total. The van der Waals surface area contributed by atoms with E-state index in [1.54, 1.807) is 57.2 Å². The highest BCUT2D eigenvalue weighted by molar-refractivity contribution is 6.02. The molecular weight excluding hydrogens is 362 g/mol. The Kier molecular flexibility index (Phi) is 5.64. The molecule has 1 amide bonds. The first-order valence-corrected chi connectivity index (χ1v) is 8.59. The van der Waals surface area contributed by atoms with Gasteiger partial charge in [-0.2, -0.15) is 0 Å². The maximum absolute atomic E-state index is 12.4. The number of rotatable bonds is 6. The van der Waals surface area contributed by atoms with Crippen molar-refractivity contribution in [2.75, 3.05) is 17.2 Å². The number of ether oxygens (including phenoxy) is 1. The van der Waals surface area contributed by atoms with Crippen molar-refractivity contribution in [1.82, 2.24) is 15.1 Å². The van der Waals surface area contributed by atoms with Crippen LogP contribution < -0.4 is 10.6 Å². The molecule has 1 aromatic carbocycles. The number of carbonyl (C=O) groups excluding carboxylic acids is 2. The first-order valence-electron chi connectivity index (χ1n) is 8.59. The van der Waals surface area contributed by atoms with Crippen LogP contribution in [0.25, 0.3) is 0 Å². The SMILES string of the molecule is CCOC(=O)c1ccc(Nc2nc(C)cc(C(=O)Nc3cc(C)on3)n2)cc1. The van der Waals surface area contributed by atoms with Crippen LogP contribution in [-0.4, -0.2) is 33.6 Å². The number of carbonyl (C=O) groups is 2. The zero-order valence-electron chi connectivity index (χ0n) is 15.6. The molecule has 0 spiro atoms. The minimum Gasteiger partial charge on any atom is -0.462 e. The van der Waals surface area contributed by atoms with Crippen molar-refractivity contribution >= 4 is 29.3 Å². The van der Waals surface area contributed by atoms with Crippen molar-refractivity contribution in [3.8, 4) is 0 Å². The minimum absolute atomic E-state index is 0.179. The Morgan fingerprint density at radius 2 is 1.86 bits per heavy atom. The number of esters is 1. The lowest BCUT2D eigenvalue weighted by Gasteiger charge is -2.09. The van der Waals surface area contributed by atoms with E-state index in [1.807, 2.05) is 0 Å². The van der Waals surface area contributed by atoms with Gasteiger partial charge < -0.3 is 19.9 Å². The fourth-order valence-electron chi connectivity index (χ4n) is 2.38. The van der Waals surface area contributed by atoms with Crippen molar-refractivity contribution < 1.29 is 18.8 Å². The maximum Gasteiger partial charge on any atom is 0.338 e. The second-order valence-electron chi connectivity index (χ2n) is 5.92. The first kappa shape index (κ1) is 19.0. The fourth-order valence-corrected chi connectivity index (χ4v) is 2.38. The summed E-state index contributed by atoms with van der Waals surface area (Å²) in [6.45, 7) is 5.55. The summed E-state index contributed by atoms with van der Waals surface area (Å²) in [7, 11) is 0. The Labute approximate surface area is 161 Å². The van der Waals surface area contributed by atoms with E-state index in [0.717, 1.165) is 0 Å². The maximum atomic E-state index is 12.4. The molecule has 0 aliphatic rings. The molecule has 0 saturated carbocycles. The summed E-state index contributed by atoms with van der Waals surface area (Å²) in [5.74, 6) is 0.332. The van der Waals surface area contributed by atoms with Gasteiger partial charge in [-0.3, -0.25) is 4.79 Å². The second kappa shape index (κ2) is 8.30. The molecule has 0 aliphatic heterocycles. The summed E-state index contributed by atoms with van der Waals surface area (Å²) < 4.78 is 9.88. The number of hydrogen-bond acceptors (Lipinski definition) is 8. The molecule has 0 fully saturated rings. The van der Waals surface area contributed by atoms with Gasteiger partial charge in [0.1, 0.15) is 11.5 Å². The van der Waals surface area contributed by atoms with E-state index in [-0.39, 0.29) is 17.6 Å².